The fraction of sp³-hybridized carbons (Fsp3) is 1.00. The van der Waals surface area contributed by atoms with E-state index >= 15 is 0 Å². The van der Waals surface area contributed by atoms with Crippen LogP contribution in [0.15, 0.2) is 0 Å². The summed E-state index contributed by atoms with van der Waals surface area (Å²) in [6.45, 7) is 12.8. The lowest BCUT2D eigenvalue weighted by atomic mass is 10.1. The minimum absolute atomic E-state index is 0.388. The second-order valence-electron chi connectivity index (χ2n) is 4.28. The Morgan fingerprint density at radius 2 is 1.69 bits per heavy atom. The van der Waals surface area contributed by atoms with E-state index in [2.05, 4.69) is 39.9 Å². The van der Waals surface area contributed by atoms with Gasteiger partial charge in [-0.05, 0) is 25.8 Å². The van der Waals surface area contributed by atoms with Gasteiger partial charge in [-0.15, -0.1) is 0 Å². The van der Waals surface area contributed by atoms with Crippen molar-refractivity contribution in [1.29, 1.82) is 0 Å². The molecule has 0 aromatic heterocycles. The van der Waals surface area contributed by atoms with Gasteiger partial charge in [-0.25, -0.2) is 0 Å². The normalized spacial score (nSPS) is 14.1. The van der Waals surface area contributed by atoms with Gasteiger partial charge in [-0.1, -0.05) is 27.7 Å². The predicted octanol–water partition coefficient (Wildman–Crippen LogP) is 2.44. The van der Waals surface area contributed by atoms with Crippen molar-refractivity contribution in [1.82, 2.24) is 5.32 Å². The third kappa shape index (κ3) is 8.26. The van der Waals surface area contributed by atoms with Crippen LogP contribution in [0, 0.1) is 5.92 Å². The molecule has 13 heavy (non-hydrogen) atoms. The van der Waals surface area contributed by atoms with Crippen LogP contribution < -0.4 is 5.32 Å². The molecule has 2 nitrogen and oxygen atoms in total. The maximum Gasteiger partial charge on any atom is 0.0569 e. The maximum absolute atomic E-state index is 5.65. The van der Waals surface area contributed by atoms with Gasteiger partial charge in [0.1, 0.15) is 0 Å². The molecule has 0 aliphatic rings. The van der Waals surface area contributed by atoms with Gasteiger partial charge in [0.25, 0.3) is 0 Å². The SMILES string of the molecule is CC(C)NCCCOC(C)C(C)C. The van der Waals surface area contributed by atoms with Crippen molar-refractivity contribution in [2.75, 3.05) is 13.2 Å². The van der Waals surface area contributed by atoms with E-state index in [0.717, 1.165) is 19.6 Å². The summed E-state index contributed by atoms with van der Waals surface area (Å²) in [6.07, 6.45) is 1.49. The molecule has 0 amide bonds. The second kappa shape index (κ2) is 7.34. The van der Waals surface area contributed by atoms with Crippen LogP contribution in [0.2, 0.25) is 0 Å². The van der Waals surface area contributed by atoms with E-state index in [-0.39, 0.29) is 0 Å². The van der Waals surface area contributed by atoms with Crippen molar-refractivity contribution >= 4 is 0 Å². The lowest BCUT2D eigenvalue weighted by Gasteiger charge is -2.16. The number of ether oxygens (including phenoxy) is 1. The van der Waals surface area contributed by atoms with Gasteiger partial charge in [0.2, 0.25) is 0 Å². The minimum Gasteiger partial charge on any atom is -0.378 e. The Morgan fingerprint density at radius 3 is 2.15 bits per heavy atom. The molecule has 0 aliphatic heterocycles. The van der Waals surface area contributed by atoms with E-state index < -0.39 is 0 Å². The molecule has 0 aliphatic carbocycles. The smallest absolute Gasteiger partial charge is 0.0569 e. The Balaban J connectivity index is 3.16. The van der Waals surface area contributed by atoms with Crippen LogP contribution in [0.25, 0.3) is 0 Å². The standard InChI is InChI=1S/C11H25NO/c1-9(2)11(5)13-8-6-7-12-10(3)4/h9-12H,6-8H2,1-5H3. The van der Waals surface area contributed by atoms with Crippen LogP contribution in [0.3, 0.4) is 0 Å². The molecule has 0 heterocycles. The molecule has 2 heteroatoms. The Bertz CT molecular complexity index is 113. The fourth-order valence-corrected chi connectivity index (χ4v) is 0.925. The highest BCUT2D eigenvalue weighted by molar-refractivity contribution is 4.56. The zero-order valence-corrected chi connectivity index (χ0v) is 9.76. The summed E-state index contributed by atoms with van der Waals surface area (Å²) in [4.78, 5) is 0. The summed E-state index contributed by atoms with van der Waals surface area (Å²) in [7, 11) is 0. The highest BCUT2D eigenvalue weighted by Crippen LogP contribution is 2.04. The zero-order valence-electron chi connectivity index (χ0n) is 9.76. The first kappa shape index (κ1) is 12.9. The van der Waals surface area contributed by atoms with Crippen LogP contribution in [-0.4, -0.2) is 25.3 Å². The van der Waals surface area contributed by atoms with Gasteiger partial charge in [0.15, 0.2) is 0 Å². The van der Waals surface area contributed by atoms with Gasteiger partial charge in [-0.2, -0.15) is 0 Å². The van der Waals surface area contributed by atoms with E-state index in [4.69, 9.17) is 4.74 Å². The van der Waals surface area contributed by atoms with Crippen LogP contribution in [0.4, 0.5) is 0 Å². The van der Waals surface area contributed by atoms with Crippen molar-refractivity contribution < 1.29 is 4.74 Å². The number of rotatable bonds is 7. The number of hydrogen-bond donors (Lipinski definition) is 1. The van der Waals surface area contributed by atoms with Gasteiger partial charge < -0.3 is 10.1 Å². The van der Waals surface area contributed by atoms with Crippen LogP contribution >= 0.6 is 0 Å². The van der Waals surface area contributed by atoms with E-state index in [1.54, 1.807) is 0 Å². The molecule has 0 aromatic carbocycles. The monoisotopic (exact) mass is 187 g/mol. The summed E-state index contributed by atoms with van der Waals surface area (Å²) in [5.41, 5.74) is 0. The van der Waals surface area contributed by atoms with Crippen molar-refractivity contribution in [3.63, 3.8) is 0 Å². The average Bonchev–Trinajstić information content (AvgIpc) is 2.02. The van der Waals surface area contributed by atoms with Crippen molar-refractivity contribution in [2.24, 2.45) is 5.92 Å². The maximum atomic E-state index is 5.65. The summed E-state index contributed by atoms with van der Waals surface area (Å²) in [5.74, 6) is 0.623. The fourth-order valence-electron chi connectivity index (χ4n) is 0.925. The minimum atomic E-state index is 0.388. The molecule has 0 rings (SSSR count). The summed E-state index contributed by atoms with van der Waals surface area (Å²) in [6, 6.07) is 0.586. The molecule has 1 N–H and O–H groups in total. The van der Waals surface area contributed by atoms with E-state index in [1.165, 1.54) is 0 Å². The Kier molecular flexibility index (Phi) is 7.29. The lowest BCUT2D eigenvalue weighted by molar-refractivity contribution is 0.0341. The first-order valence-electron chi connectivity index (χ1n) is 5.39. The van der Waals surface area contributed by atoms with E-state index in [1.807, 2.05) is 0 Å². The Labute approximate surface area is 83.1 Å². The molecule has 0 radical (unpaired) electrons. The van der Waals surface area contributed by atoms with Crippen molar-refractivity contribution in [2.45, 2.75) is 53.2 Å². The average molecular weight is 187 g/mol. The Hall–Kier alpha value is -0.0800. The van der Waals surface area contributed by atoms with Crippen molar-refractivity contribution in [3.05, 3.63) is 0 Å². The van der Waals surface area contributed by atoms with Gasteiger partial charge in [-0.3, -0.25) is 0 Å². The summed E-state index contributed by atoms with van der Waals surface area (Å²) < 4.78 is 5.65. The summed E-state index contributed by atoms with van der Waals surface area (Å²) in [5, 5.41) is 3.37. The molecule has 0 bridgehead atoms. The molecular weight excluding hydrogens is 162 g/mol. The van der Waals surface area contributed by atoms with Crippen molar-refractivity contribution in [3.8, 4) is 0 Å². The third-order valence-electron chi connectivity index (χ3n) is 2.19. The number of nitrogens with one attached hydrogen (secondary N) is 1. The molecule has 0 saturated heterocycles. The van der Waals surface area contributed by atoms with Crippen LogP contribution in [0.1, 0.15) is 41.0 Å². The highest BCUT2D eigenvalue weighted by Gasteiger charge is 2.05. The molecule has 0 spiro atoms. The van der Waals surface area contributed by atoms with Gasteiger partial charge in [0.05, 0.1) is 6.10 Å². The first-order chi connectivity index (χ1) is 6.04. The molecule has 1 unspecified atom stereocenters. The molecular formula is C11H25NO. The first-order valence-corrected chi connectivity index (χ1v) is 5.39. The van der Waals surface area contributed by atoms with Gasteiger partial charge in [0, 0.05) is 12.6 Å². The van der Waals surface area contributed by atoms with E-state index in [0.29, 0.717) is 18.1 Å². The van der Waals surface area contributed by atoms with Gasteiger partial charge >= 0.3 is 0 Å². The lowest BCUT2D eigenvalue weighted by Crippen LogP contribution is -2.25. The number of hydrogen-bond acceptors (Lipinski definition) is 2. The van der Waals surface area contributed by atoms with E-state index in [9.17, 15) is 0 Å². The molecule has 80 valence electrons. The molecule has 0 aromatic rings. The zero-order chi connectivity index (χ0) is 10.3. The quantitative estimate of drug-likeness (QED) is 0.618. The second-order valence-corrected chi connectivity index (χ2v) is 4.28. The molecule has 0 fully saturated rings. The predicted molar refractivity (Wildman–Crippen MR) is 58.0 cm³/mol. The third-order valence-corrected chi connectivity index (χ3v) is 2.19. The molecule has 1 atom stereocenters. The van der Waals surface area contributed by atoms with Crippen LogP contribution in [0.5, 0.6) is 0 Å². The molecule has 0 saturated carbocycles. The summed E-state index contributed by atoms with van der Waals surface area (Å²) >= 11 is 0. The largest absolute Gasteiger partial charge is 0.378 e. The van der Waals surface area contributed by atoms with Crippen LogP contribution in [-0.2, 0) is 4.74 Å². The Morgan fingerprint density at radius 1 is 1.08 bits per heavy atom. The topological polar surface area (TPSA) is 21.3 Å². The highest BCUT2D eigenvalue weighted by atomic mass is 16.5.